The number of rotatable bonds is 3. The molecule has 1 saturated heterocycles. The van der Waals surface area contributed by atoms with E-state index < -0.39 is 5.60 Å². The van der Waals surface area contributed by atoms with Crippen LogP contribution in [-0.4, -0.2) is 36.6 Å². The molecule has 2 rings (SSSR count). The van der Waals surface area contributed by atoms with Crippen LogP contribution in [0.3, 0.4) is 0 Å². The Hall–Kier alpha value is -1.35. The summed E-state index contributed by atoms with van der Waals surface area (Å²) in [4.78, 5) is 15.3. The van der Waals surface area contributed by atoms with Gasteiger partial charge in [-0.25, -0.2) is 0 Å². The van der Waals surface area contributed by atoms with Crippen molar-refractivity contribution >= 4 is 17.2 Å². The molecule has 1 fully saturated rings. The summed E-state index contributed by atoms with van der Waals surface area (Å²) in [6.45, 7) is 3.51. The highest BCUT2D eigenvalue weighted by Crippen LogP contribution is 2.27. The summed E-state index contributed by atoms with van der Waals surface area (Å²) in [7, 11) is 1.82. The van der Waals surface area contributed by atoms with Crippen LogP contribution in [-0.2, 0) is 16.1 Å². The Labute approximate surface area is 123 Å². The molecule has 2 N–H and O–H groups in total. The second-order valence-electron chi connectivity index (χ2n) is 5.15. The van der Waals surface area contributed by atoms with Gasteiger partial charge in [-0.05, 0) is 25.8 Å². The van der Waals surface area contributed by atoms with Gasteiger partial charge < -0.3 is 15.4 Å². The van der Waals surface area contributed by atoms with Crippen molar-refractivity contribution in [3.8, 4) is 11.8 Å². The van der Waals surface area contributed by atoms with E-state index in [-0.39, 0.29) is 5.91 Å². The second-order valence-corrected chi connectivity index (χ2v) is 6.15. The summed E-state index contributed by atoms with van der Waals surface area (Å²) in [6.07, 6.45) is 1.75. The van der Waals surface area contributed by atoms with Crippen LogP contribution in [0.4, 0.5) is 0 Å². The molecule has 0 spiro atoms. The molecule has 5 heteroatoms. The molecule has 1 amide bonds. The van der Waals surface area contributed by atoms with Crippen LogP contribution in [0.5, 0.6) is 0 Å². The zero-order valence-corrected chi connectivity index (χ0v) is 12.8. The Morgan fingerprint density at radius 2 is 2.45 bits per heavy atom. The number of carbonyl (C=O) groups excluding carboxylic acids is 1. The largest absolute Gasteiger partial charge is 0.365 e. The lowest BCUT2D eigenvalue weighted by Gasteiger charge is -2.27. The predicted molar refractivity (Wildman–Crippen MR) is 80.3 cm³/mol. The van der Waals surface area contributed by atoms with Gasteiger partial charge in [-0.2, -0.15) is 0 Å². The van der Waals surface area contributed by atoms with Crippen molar-refractivity contribution in [1.29, 1.82) is 0 Å². The van der Waals surface area contributed by atoms with Gasteiger partial charge in [-0.15, -0.1) is 11.3 Å². The lowest BCUT2D eigenvalue weighted by atomic mass is 10.0. The Morgan fingerprint density at radius 1 is 1.65 bits per heavy atom. The first-order valence-corrected chi connectivity index (χ1v) is 7.59. The molecule has 1 aliphatic heterocycles. The van der Waals surface area contributed by atoms with Crippen LogP contribution in [0, 0.1) is 11.8 Å². The number of thiophene rings is 1. The maximum absolute atomic E-state index is 12.4. The van der Waals surface area contributed by atoms with Crippen molar-refractivity contribution in [2.45, 2.75) is 31.9 Å². The maximum Gasteiger partial charge on any atom is 0.254 e. The molecule has 20 heavy (non-hydrogen) atoms. The molecule has 0 saturated carbocycles. The third-order valence-corrected chi connectivity index (χ3v) is 4.32. The fourth-order valence-electron chi connectivity index (χ4n) is 2.34. The van der Waals surface area contributed by atoms with Crippen molar-refractivity contribution < 1.29 is 9.53 Å². The lowest BCUT2D eigenvalue weighted by Crippen LogP contribution is -2.44. The maximum atomic E-state index is 12.4. The van der Waals surface area contributed by atoms with Crippen LogP contribution in [0.1, 0.15) is 30.2 Å². The normalized spacial score (nSPS) is 21.4. The summed E-state index contributed by atoms with van der Waals surface area (Å²) in [5, 5.41) is 1.99. The van der Waals surface area contributed by atoms with E-state index in [4.69, 9.17) is 10.5 Å². The number of carbonyl (C=O) groups is 1. The number of hydrogen-bond donors (Lipinski definition) is 1. The van der Waals surface area contributed by atoms with Gasteiger partial charge in [0.05, 0.1) is 13.1 Å². The van der Waals surface area contributed by atoms with Crippen LogP contribution >= 0.6 is 11.3 Å². The van der Waals surface area contributed by atoms with Crippen molar-refractivity contribution in [1.82, 2.24) is 4.90 Å². The molecule has 1 unspecified atom stereocenters. The first-order valence-electron chi connectivity index (χ1n) is 6.71. The smallest absolute Gasteiger partial charge is 0.254 e. The SMILES string of the molecule is CN(Cc1cc(C#CCN)cs1)C(=O)C1(C)CCCO1. The molecule has 4 nitrogen and oxygen atoms in total. The van der Waals surface area contributed by atoms with E-state index in [1.807, 2.05) is 25.4 Å². The Kier molecular flexibility index (Phi) is 4.81. The van der Waals surface area contributed by atoms with E-state index in [1.165, 1.54) is 0 Å². The van der Waals surface area contributed by atoms with Crippen LogP contribution < -0.4 is 5.73 Å². The van der Waals surface area contributed by atoms with E-state index in [1.54, 1.807) is 16.2 Å². The van der Waals surface area contributed by atoms with Crippen molar-refractivity contribution in [2.75, 3.05) is 20.2 Å². The van der Waals surface area contributed by atoms with Gasteiger partial charge in [-0.1, -0.05) is 11.8 Å². The van der Waals surface area contributed by atoms with Gasteiger partial charge in [0.1, 0.15) is 5.60 Å². The van der Waals surface area contributed by atoms with Crippen LogP contribution in [0.25, 0.3) is 0 Å². The Morgan fingerprint density at radius 3 is 3.10 bits per heavy atom. The minimum atomic E-state index is -0.645. The molecule has 1 aliphatic rings. The Bertz CT molecular complexity index is 536. The van der Waals surface area contributed by atoms with Gasteiger partial charge in [0.25, 0.3) is 5.91 Å². The molecule has 0 aliphatic carbocycles. The first-order chi connectivity index (χ1) is 9.55. The van der Waals surface area contributed by atoms with Gasteiger partial charge in [-0.3, -0.25) is 4.79 Å². The molecule has 0 aromatic carbocycles. The number of likely N-dealkylation sites (N-methyl/N-ethyl adjacent to an activating group) is 1. The van der Waals surface area contributed by atoms with E-state index in [0.29, 0.717) is 19.7 Å². The zero-order valence-electron chi connectivity index (χ0n) is 11.9. The van der Waals surface area contributed by atoms with Crippen molar-refractivity contribution in [3.05, 3.63) is 21.9 Å². The van der Waals surface area contributed by atoms with Gasteiger partial charge in [0.15, 0.2) is 0 Å². The predicted octanol–water partition coefficient (Wildman–Crippen LogP) is 1.59. The molecule has 1 atom stereocenters. The summed E-state index contributed by atoms with van der Waals surface area (Å²) in [5.41, 5.74) is 5.66. The second kappa shape index (κ2) is 6.40. The van der Waals surface area contributed by atoms with Crippen LogP contribution in [0.2, 0.25) is 0 Å². The van der Waals surface area contributed by atoms with Crippen molar-refractivity contribution in [2.24, 2.45) is 5.73 Å². The number of amides is 1. The third-order valence-electron chi connectivity index (χ3n) is 3.40. The monoisotopic (exact) mass is 292 g/mol. The quantitative estimate of drug-likeness (QED) is 0.861. The molecular weight excluding hydrogens is 272 g/mol. The minimum absolute atomic E-state index is 0.0537. The average Bonchev–Trinajstić information content (AvgIpc) is 3.05. The van der Waals surface area contributed by atoms with E-state index in [2.05, 4.69) is 11.8 Å². The highest BCUT2D eigenvalue weighted by Gasteiger charge is 2.39. The van der Waals surface area contributed by atoms with E-state index >= 15 is 0 Å². The minimum Gasteiger partial charge on any atom is -0.365 e. The highest BCUT2D eigenvalue weighted by atomic mass is 32.1. The number of hydrogen-bond acceptors (Lipinski definition) is 4. The molecular formula is C15H20N2O2S. The molecule has 0 bridgehead atoms. The third kappa shape index (κ3) is 3.40. The molecule has 2 heterocycles. The summed E-state index contributed by atoms with van der Waals surface area (Å²) in [6, 6.07) is 2.01. The van der Waals surface area contributed by atoms with Crippen molar-refractivity contribution in [3.63, 3.8) is 0 Å². The molecule has 1 aromatic rings. The molecule has 0 radical (unpaired) electrons. The lowest BCUT2D eigenvalue weighted by molar-refractivity contribution is -0.150. The van der Waals surface area contributed by atoms with Gasteiger partial charge >= 0.3 is 0 Å². The van der Waals surface area contributed by atoms with Gasteiger partial charge in [0, 0.05) is 29.5 Å². The summed E-state index contributed by atoms with van der Waals surface area (Å²) in [5.74, 6) is 5.88. The standard InChI is InChI=1S/C15H20N2O2S/c1-15(6-4-8-19-15)14(18)17(2)10-13-9-12(11-20-13)5-3-7-16/h9,11H,4,6-8,10,16H2,1-2H3. The molecule has 1 aromatic heterocycles. The first kappa shape index (κ1) is 15.0. The van der Waals surface area contributed by atoms with Crippen LogP contribution in [0.15, 0.2) is 11.4 Å². The fourth-order valence-corrected chi connectivity index (χ4v) is 3.21. The number of nitrogens with two attached hydrogens (primary N) is 1. The van der Waals surface area contributed by atoms with Gasteiger partial charge in [0.2, 0.25) is 0 Å². The fraction of sp³-hybridized carbons (Fsp3) is 0.533. The number of ether oxygens (including phenoxy) is 1. The molecule has 108 valence electrons. The highest BCUT2D eigenvalue weighted by molar-refractivity contribution is 7.10. The Balaban J connectivity index is 1.98. The topological polar surface area (TPSA) is 55.6 Å². The average molecular weight is 292 g/mol. The zero-order chi connectivity index (χ0) is 14.6. The van der Waals surface area contributed by atoms with E-state index in [0.717, 1.165) is 23.3 Å². The summed E-state index contributed by atoms with van der Waals surface area (Å²) >= 11 is 1.61. The summed E-state index contributed by atoms with van der Waals surface area (Å²) < 4.78 is 5.60. The van der Waals surface area contributed by atoms with E-state index in [9.17, 15) is 4.79 Å². The number of nitrogens with zero attached hydrogens (tertiary/aromatic N) is 1.